The fraction of sp³-hybridized carbons (Fsp3) is 1.00. The molecule has 0 heterocycles. The van der Waals surface area contributed by atoms with E-state index in [1.54, 1.807) is 0 Å². The van der Waals surface area contributed by atoms with Crippen LogP contribution in [-0.2, 0) is 0 Å². The fourth-order valence-corrected chi connectivity index (χ4v) is 2.99. The van der Waals surface area contributed by atoms with Crippen LogP contribution in [0.5, 0.6) is 0 Å². The lowest BCUT2D eigenvalue weighted by molar-refractivity contribution is 0.196. The molecule has 0 radical (unpaired) electrons. The molecule has 2 rings (SSSR count). The first kappa shape index (κ1) is 15.3. The van der Waals surface area contributed by atoms with Crippen LogP contribution in [0.15, 0.2) is 0 Å². The van der Waals surface area contributed by atoms with Crippen LogP contribution in [-0.4, -0.2) is 37.1 Å². The monoisotopic (exact) mass is 266 g/mol. The molecular formula is C17H34N2. The Morgan fingerprint density at radius 1 is 1.05 bits per heavy atom. The maximum atomic E-state index is 3.69. The van der Waals surface area contributed by atoms with Gasteiger partial charge in [-0.15, -0.1) is 0 Å². The molecule has 0 aliphatic heterocycles. The van der Waals surface area contributed by atoms with E-state index in [1.807, 2.05) is 0 Å². The van der Waals surface area contributed by atoms with Crippen molar-refractivity contribution in [1.82, 2.24) is 10.2 Å². The minimum absolute atomic E-state index is 0.376. The Hall–Kier alpha value is -0.0800. The molecular weight excluding hydrogens is 232 g/mol. The van der Waals surface area contributed by atoms with Crippen LogP contribution in [0.2, 0.25) is 0 Å². The molecule has 1 N–H and O–H groups in total. The highest BCUT2D eigenvalue weighted by atomic mass is 15.1. The van der Waals surface area contributed by atoms with Gasteiger partial charge in [0.2, 0.25) is 0 Å². The summed E-state index contributed by atoms with van der Waals surface area (Å²) in [7, 11) is 0. The molecule has 0 bridgehead atoms. The van der Waals surface area contributed by atoms with E-state index < -0.39 is 0 Å². The normalized spacial score (nSPS) is 21.9. The van der Waals surface area contributed by atoms with Gasteiger partial charge in [0.25, 0.3) is 0 Å². The van der Waals surface area contributed by atoms with Gasteiger partial charge in [0.05, 0.1) is 0 Å². The molecule has 0 aromatic heterocycles. The molecule has 0 spiro atoms. The number of nitrogens with zero attached hydrogens (tertiary/aromatic N) is 1. The lowest BCUT2D eigenvalue weighted by Gasteiger charge is -2.33. The number of nitrogens with one attached hydrogen (secondary N) is 1. The zero-order chi connectivity index (χ0) is 13.9. The summed E-state index contributed by atoms with van der Waals surface area (Å²) in [6.45, 7) is 14.5. The first-order chi connectivity index (χ1) is 8.99. The van der Waals surface area contributed by atoms with Crippen LogP contribution in [0.4, 0.5) is 0 Å². The third-order valence-electron chi connectivity index (χ3n) is 4.66. The van der Waals surface area contributed by atoms with Gasteiger partial charge in [0.15, 0.2) is 0 Å². The maximum absolute atomic E-state index is 3.69. The second-order valence-electron chi connectivity index (χ2n) is 7.91. The van der Waals surface area contributed by atoms with Gasteiger partial charge in [-0.3, -0.25) is 0 Å². The maximum Gasteiger partial charge on any atom is 0.0128 e. The molecule has 2 aliphatic carbocycles. The van der Waals surface area contributed by atoms with Gasteiger partial charge in [0, 0.05) is 19.1 Å². The van der Waals surface area contributed by atoms with Crippen LogP contribution >= 0.6 is 0 Å². The summed E-state index contributed by atoms with van der Waals surface area (Å²) in [5, 5.41) is 3.69. The topological polar surface area (TPSA) is 15.3 Å². The van der Waals surface area contributed by atoms with Gasteiger partial charge in [0.1, 0.15) is 0 Å². The smallest absolute Gasteiger partial charge is 0.0128 e. The summed E-state index contributed by atoms with van der Waals surface area (Å²) in [6, 6.07) is 0.651. The molecule has 2 fully saturated rings. The van der Waals surface area contributed by atoms with Crippen molar-refractivity contribution in [3.63, 3.8) is 0 Å². The van der Waals surface area contributed by atoms with E-state index in [-0.39, 0.29) is 0 Å². The van der Waals surface area contributed by atoms with Crippen LogP contribution in [0.25, 0.3) is 0 Å². The molecule has 1 atom stereocenters. The zero-order valence-corrected chi connectivity index (χ0v) is 13.5. The average Bonchev–Trinajstić information content (AvgIpc) is 3.17. The van der Waals surface area contributed by atoms with Gasteiger partial charge in [-0.2, -0.15) is 0 Å². The summed E-state index contributed by atoms with van der Waals surface area (Å²) in [5.74, 6) is 2.07. The van der Waals surface area contributed by atoms with E-state index in [0.29, 0.717) is 11.5 Å². The van der Waals surface area contributed by atoms with Crippen LogP contribution in [0.1, 0.15) is 59.8 Å². The predicted octanol–water partition coefficient (Wildman–Crippen LogP) is 3.52. The van der Waals surface area contributed by atoms with Crippen molar-refractivity contribution in [2.24, 2.45) is 17.3 Å². The van der Waals surface area contributed by atoms with Crippen LogP contribution < -0.4 is 5.32 Å². The predicted molar refractivity (Wildman–Crippen MR) is 83.4 cm³/mol. The molecule has 2 saturated carbocycles. The Kier molecular flexibility index (Phi) is 5.30. The Balaban J connectivity index is 1.77. The quantitative estimate of drug-likeness (QED) is 0.687. The first-order valence-electron chi connectivity index (χ1n) is 8.44. The van der Waals surface area contributed by atoms with Crippen LogP contribution in [0, 0.1) is 17.3 Å². The van der Waals surface area contributed by atoms with E-state index in [9.17, 15) is 0 Å². The second kappa shape index (κ2) is 6.58. The van der Waals surface area contributed by atoms with E-state index >= 15 is 0 Å². The van der Waals surface area contributed by atoms with Crippen molar-refractivity contribution in [3.8, 4) is 0 Å². The highest BCUT2D eigenvalue weighted by Gasteiger charge is 2.30. The van der Waals surface area contributed by atoms with Crippen molar-refractivity contribution in [2.45, 2.75) is 65.8 Å². The third-order valence-corrected chi connectivity index (χ3v) is 4.66. The van der Waals surface area contributed by atoms with Gasteiger partial charge >= 0.3 is 0 Å². The second-order valence-corrected chi connectivity index (χ2v) is 7.91. The van der Waals surface area contributed by atoms with Crippen molar-refractivity contribution in [1.29, 1.82) is 0 Å². The molecule has 19 heavy (non-hydrogen) atoms. The fourth-order valence-electron chi connectivity index (χ4n) is 2.99. The van der Waals surface area contributed by atoms with Crippen molar-refractivity contribution in [3.05, 3.63) is 0 Å². The SMILES string of the molecule is CCNC(CCN(CC1CC1)CC1CC1)C(C)(C)C. The minimum Gasteiger partial charge on any atom is -0.314 e. The molecule has 0 amide bonds. The molecule has 2 nitrogen and oxygen atoms in total. The van der Waals surface area contributed by atoms with E-state index in [2.05, 4.69) is 37.9 Å². The lowest BCUT2D eigenvalue weighted by Crippen LogP contribution is -2.43. The third kappa shape index (κ3) is 5.83. The van der Waals surface area contributed by atoms with Gasteiger partial charge in [-0.05, 0) is 62.4 Å². The Bertz CT molecular complexity index is 247. The molecule has 0 aromatic carbocycles. The standard InChI is InChI=1S/C17H34N2/c1-5-18-16(17(2,3)4)10-11-19(12-14-6-7-14)13-15-8-9-15/h14-16,18H,5-13H2,1-4H3. The van der Waals surface area contributed by atoms with E-state index in [1.165, 1.54) is 51.7 Å². The number of rotatable bonds is 9. The first-order valence-corrected chi connectivity index (χ1v) is 8.44. The molecule has 0 aromatic rings. The summed E-state index contributed by atoms with van der Waals surface area (Å²) in [4.78, 5) is 2.77. The summed E-state index contributed by atoms with van der Waals surface area (Å²) in [6.07, 6.45) is 7.24. The highest BCUT2D eigenvalue weighted by molar-refractivity contribution is 4.85. The Labute approximate surface area is 120 Å². The van der Waals surface area contributed by atoms with Gasteiger partial charge in [-0.1, -0.05) is 27.7 Å². The molecule has 2 heteroatoms. The number of hydrogen-bond acceptors (Lipinski definition) is 2. The highest BCUT2D eigenvalue weighted by Crippen LogP contribution is 2.34. The molecule has 1 unspecified atom stereocenters. The van der Waals surface area contributed by atoms with Crippen molar-refractivity contribution >= 4 is 0 Å². The molecule has 0 saturated heterocycles. The van der Waals surface area contributed by atoms with Crippen LogP contribution in [0.3, 0.4) is 0 Å². The Morgan fingerprint density at radius 3 is 1.95 bits per heavy atom. The largest absolute Gasteiger partial charge is 0.314 e. The Morgan fingerprint density at radius 2 is 1.58 bits per heavy atom. The van der Waals surface area contributed by atoms with Gasteiger partial charge < -0.3 is 10.2 Å². The molecule has 112 valence electrons. The number of hydrogen-bond donors (Lipinski definition) is 1. The van der Waals surface area contributed by atoms with Crippen molar-refractivity contribution < 1.29 is 0 Å². The lowest BCUT2D eigenvalue weighted by atomic mass is 9.84. The van der Waals surface area contributed by atoms with Gasteiger partial charge in [-0.25, -0.2) is 0 Å². The average molecular weight is 266 g/mol. The van der Waals surface area contributed by atoms with E-state index in [4.69, 9.17) is 0 Å². The summed E-state index contributed by atoms with van der Waals surface area (Å²) in [5.41, 5.74) is 0.376. The minimum atomic E-state index is 0.376. The van der Waals surface area contributed by atoms with E-state index in [0.717, 1.165) is 18.4 Å². The summed E-state index contributed by atoms with van der Waals surface area (Å²) >= 11 is 0. The molecule has 2 aliphatic rings. The summed E-state index contributed by atoms with van der Waals surface area (Å²) < 4.78 is 0. The van der Waals surface area contributed by atoms with Crippen molar-refractivity contribution in [2.75, 3.05) is 26.2 Å². The zero-order valence-electron chi connectivity index (χ0n) is 13.5.